The standard InChI is InChI=1S/C19H14FNOS/c20-14-8-4-7-13(9-14)15-10-17(22)21-18-16(11-23-19(15)18)12-5-2-1-3-6-12/h1-9,11,15H,10H2,(H,21,22)/t15-/m1/s1. The van der Waals surface area contributed by atoms with Gasteiger partial charge in [0.25, 0.3) is 0 Å². The SMILES string of the molecule is O=C1C[C@H](c2cccc(F)c2)c2scc(-c3ccccc3)c2N1. The molecule has 1 aliphatic heterocycles. The molecule has 0 unspecified atom stereocenters. The van der Waals surface area contributed by atoms with Gasteiger partial charge in [0.1, 0.15) is 5.82 Å². The minimum absolute atomic E-state index is 0.0256. The minimum Gasteiger partial charge on any atom is -0.325 e. The maximum absolute atomic E-state index is 13.6. The van der Waals surface area contributed by atoms with Crippen LogP contribution in [0, 0.1) is 5.82 Å². The Kier molecular flexibility index (Phi) is 3.46. The van der Waals surface area contributed by atoms with Gasteiger partial charge in [0, 0.05) is 28.2 Å². The number of carbonyl (C=O) groups is 1. The molecule has 1 aromatic heterocycles. The van der Waals surface area contributed by atoms with Crippen molar-refractivity contribution in [3.63, 3.8) is 0 Å². The molecule has 0 fully saturated rings. The molecule has 4 heteroatoms. The number of hydrogen-bond acceptors (Lipinski definition) is 2. The van der Waals surface area contributed by atoms with Crippen LogP contribution in [0.2, 0.25) is 0 Å². The van der Waals surface area contributed by atoms with Crippen molar-refractivity contribution < 1.29 is 9.18 Å². The van der Waals surface area contributed by atoms with Crippen molar-refractivity contribution in [2.45, 2.75) is 12.3 Å². The summed E-state index contributed by atoms with van der Waals surface area (Å²) in [5.74, 6) is -0.380. The molecule has 0 radical (unpaired) electrons. The van der Waals surface area contributed by atoms with Crippen LogP contribution in [0.3, 0.4) is 0 Å². The van der Waals surface area contributed by atoms with Crippen molar-refractivity contribution in [1.82, 2.24) is 0 Å². The van der Waals surface area contributed by atoms with Crippen molar-refractivity contribution >= 4 is 22.9 Å². The third-order valence-electron chi connectivity index (χ3n) is 4.13. The van der Waals surface area contributed by atoms with Crippen molar-refractivity contribution in [2.75, 3.05) is 5.32 Å². The molecule has 0 spiro atoms. The van der Waals surface area contributed by atoms with Gasteiger partial charge >= 0.3 is 0 Å². The Balaban J connectivity index is 1.83. The monoisotopic (exact) mass is 323 g/mol. The average Bonchev–Trinajstić information content (AvgIpc) is 2.98. The molecule has 1 N–H and O–H groups in total. The fourth-order valence-electron chi connectivity index (χ4n) is 3.05. The average molecular weight is 323 g/mol. The summed E-state index contributed by atoms with van der Waals surface area (Å²) in [6, 6.07) is 16.5. The first kappa shape index (κ1) is 14.2. The summed E-state index contributed by atoms with van der Waals surface area (Å²) in [7, 11) is 0. The third-order valence-corrected chi connectivity index (χ3v) is 5.22. The zero-order valence-corrected chi connectivity index (χ0v) is 13.1. The van der Waals surface area contributed by atoms with Crippen molar-refractivity contribution in [2.24, 2.45) is 0 Å². The maximum atomic E-state index is 13.6. The molecule has 2 nitrogen and oxygen atoms in total. The zero-order valence-electron chi connectivity index (χ0n) is 12.3. The summed E-state index contributed by atoms with van der Waals surface area (Å²) in [6.45, 7) is 0. The number of halogens is 1. The molecule has 1 atom stereocenters. The van der Waals surface area contributed by atoms with Crippen molar-refractivity contribution in [3.05, 3.63) is 76.2 Å². The van der Waals surface area contributed by atoms with E-state index in [9.17, 15) is 9.18 Å². The van der Waals surface area contributed by atoms with Crippen LogP contribution in [0.1, 0.15) is 22.8 Å². The van der Waals surface area contributed by atoms with Gasteiger partial charge in [-0.3, -0.25) is 4.79 Å². The second-order valence-electron chi connectivity index (χ2n) is 5.61. The quantitative estimate of drug-likeness (QED) is 0.704. The van der Waals surface area contributed by atoms with Crippen LogP contribution >= 0.6 is 11.3 Å². The zero-order chi connectivity index (χ0) is 15.8. The highest BCUT2D eigenvalue weighted by molar-refractivity contribution is 7.11. The van der Waals surface area contributed by atoms with Crippen molar-refractivity contribution in [1.29, 1.82) is 0 Å². The Morgan fingerprint density at radius 2 is 1.91 bits per heavy atom. The Bertz CT molecular complexity index is 872. The molecule has 23 heavy (non-hydrogen) atoms. The summed E-state index contributed by atoms with van der Waals surface area (Å²) < 4.78 is 13.6. The van der Waals surface area contributed by atoms with E-state index in [4.69, 9.17) is 0 Å². The molecule has 0 aliphatic carbocycles. The fraction of sp³-hybridized carbons (Fsp3) is 0.105. The largest absolute Gasteiger partial charge is 0.325 e. The first-order valence-corrected chi connectivity index (χ1v) is 8.32. The molecule has 0 saturated heterocycles. The fourth-order valence-corrected chi connectivity index (χ4v) is 4.21. The molecular formula is C19H14FNOS. The molecule has 2 heterocycles. The van der Waals surface area contributed by atoms with E-state index in [0.717, 1.165) is 27.3 Å². The van der Waals surface area contributed by atoms with E-state index in [1.807, 2.05) is 36.4 Å². The van der Waals surface area contributed by atoms with Crippen LogP contribution in [-0.2, 0) is 4.79 Å². The highest BCUT2D eigenvalue weighted by Crippen LogP contribution is 2.46. The molecule has 1 aliphatic rings. The highest BCUT2D eigenvalue weighted by atomic mass is 32.1. The number of nitrogens with one attached hydrogen (secondary N) is 1. The summed E-state index contributed by atoms with van der Waals surface area (Å²) in [4.78, 5) is 13.3. The molecule has 4 rings (SSSR count). The first-order chi connectivity index (χ1) is 11.2. The number of hydrogen-bond donors (Lipinski definition) is 1. The highest BCUT2D eigenvalue weighted by Gasteiger charge is 2.30. The lowest BCUT2D eigenvalue weighted by atomic mass is 9.89. The van der Waals surface area contributed by atoms with E-state index in [0.29, 0.717) is 6.42 Å². The van der Waals surface area contributed by atoms with E-state index < -0.39 is 0 Å². The molecule has 3 aromatic rings. The van der Waals surface area contributed by atoms with E-state index in [2.05, 4.69) is 10.7 Å². The Morgan fingerprint density at radius 1 is 1.09 bits per heavy atom. The molecule has 0 saturated carbocycles. The van der Waals surface area contributed by atoms with Gasteiger partial charge in [-0.1, -0.05) is 42.5 Å². The van der Waals surface area contributed by atoms with E-state index >= 15 is 0 Å². The van der Waals surface area contributed by atoms with Gasteiger partial charge in [-0.15, -0.1) is 11.3 Å². The molecular weight excluding hydrogens is 309 g/mol. The lowest BCUT2D eigenvalue weighted by Gasteiger charge is -2.24. The van der Waals surface area contributed by atoms with Crippen LogP contribution in [0.25, 0.3) is 11.1 Å². The molecule has 0 bridgehead atoms. The predicted octanol–water partition coefficient (Wildman–Crippen LogP) is 5.03. The number of anilines is 1. The molecule has 2 aromatic carbocycles. The third kappa shape index (κ3) is 2.55. The number of thiophene rings is 1. The van der Waals surface area contributed by atoms with Gasteiger partial charge in [0.2, 0.25) is 5.91 Å². The minimum atomic E-state index is -0.269. The summed E-state index contributed by atoms with van der Waals surface area (Å²) in [5, 5.41) is 5.07. The summed E-state index contributed by atoms with van der Waals surface area (Å²) in [6.07, 6.45) is 0.352. The van der Waals surface area contributed by atoms with E-state index in [1.54, 1.807) is 17.4 Å². The normalized spacial score (nSPS) is 16.7. The predicted molar refractivity (Wildman–Crippen MR) is 91.2 cm³/mol. The smallest absolute Gasteiger partial charge is 0.225 e. The lowest BCUT2D eigenvalue weighted by Crippen LogP contribution is -2.22. The number of benzene rings is 2. The number of fused-ring (bicyclic) bond motifs is 1. The number of amides is 1. The van der Waals surface area contributed by atoms with Gasteiger partial charge in [-0.25, -0.2) is 4.39 Å². The summed E-state index contributed by atoms with van der Waals surface area (Å²) >= 11 is 1.62. The van der Waals surface area contributed by atoms with E-state index in [-0.39, 0.29) is 17.6 Å². The molecule has 1 amide bonds. The second-order valence-corrected chi connectivity index (χ2v) is 6.53. The van der Waals surface area contributed by atoms with Crippen LogP contribution in [0.5, 0.6) is 0 Å². The molecule has 114 valence electrons. The maximum Gasteiger partial charge on any atom is 0.225 e. The van der Waals surface area contributed by atoms with Crippen LogP contribution < -0.4 is 5.32 Å². The van der Waals surface area contributed by atoms with Crippen LogP contribution in [0.4, 0.5) is 10.1 Å². The van der Waals surface area contributed by atoms with Crippen molar-refractivity contribution in [3.8, 4) is 11.1 Å². The Morgan fingerprint density at radius 3 is 2.70 bits per heavy atom. The number of rotatable bonds is 2. The topological polar surface area (TPSA) is 29.1 Å². The van der Waals surface area contributed by atoms with Gasteiger partial charge in [0.05, 0.1) is 5.69 Å². The van der Waals surface area contributed by atoms with Gasteiger partial charge in [-0.05, 0) is 23.3 Å². The Labute approximate surface area is 137 Å². The summed E-state index contributed by atoms with van der Waals surface area (Å²) in [5.41, 5.74) is 3.82. The van der Waals surface area contributed by atoms with Gasteiger partial charge < -0.3 is 5.32 Å². The van der Waals surface area contributed by atoms with Crippen LogP contribution in [0.15, 0.2) is 60.0 Å². The second kappa shape index (κ2) is 5.63. The Hall–Kier alpha value is -2.46. The number of carbonyl (C=O) groups excluding carboxylic acids is 1. The first-order valence-electron chi connectivity index (χ1n) is 7.44. The van der Waals surface area contributed by atoms with Gasteiger partial charge in [-0.2, -0.15) is 0 Å². The van der Waals surface area contributed by atoms with E-state index in [1.165, 1.54) is 12.1 Å². The van der Waals surface area contributed by atoms with Gasteiger partial charge in [0.15, 0.2) is 0 Å². The lowest BCUT2D eigenvalue weighted by molar-refractivity contribution is -0.116. The van der Waals surface area contributed by atoms with Crippen LogP contribution in [-0.4, -0.2) is 5.91 Å².